The minimum atomic E-state index is 0.519. The molecule has 0 N–H and O–H groups in total. The van der Waals surface area contributed by atoms with E-state index in [4.69, 9.17) is 0 Å². The van der Waals surface area contributed by atoms with Gasteiger partial charge in [0.2, 0.25) is 0 Å². The van der Waals surface area contributed by atoms with Crippen molar-refractivity contribution in [1.82, 2.24) is 4.57 Å². The third-order valence-electron chi connectivity index (χ3n) is 2.83. The smallest absolute Gasteiger partial charge is 0.104 e. The number of hydrogen-bond donors (Lipinski definition) is 0. The van der Waals surface area contributed by atoms with Gasteiger partial charge in [-0.1, -0.05) is 52.8 Å². The summed E-state index contributed by atoms with van der Waals surface area (Å²) in [5, 5.41) is 4.95. The lowest BCUT2D eigenvalue weighted by Crippen LogP contribution is -1.98. The van der Waals surface area contributed by atoms with Gasteiger partial charge in [-0.15, -0.1) is 11.3 Å². The summed E-state index contributed by atoms with van der Waals surface area (Å²) in [6.07, 6.45) is 0. The van der Waals surface area contributed by atoms with Gasteiger partial charge in [-0.3, -0.25) is 0 Å². The van der Waals surface area contributed by atoms with Gasteiger partial charge in [0.1, 0.15) is 4.83 Å². The Bertz CT molecular complexity index is 656. The highest BCUT2D eigenvalue weighted by Gasteiger charge is 2.12. The molecule has 2 heteroatoms. The first-order valence-electron chi connectivity index (χ1n) is 7.98. The first kappa shape index (κ1) is 17.8. The Morgan fingerprint density at radius 3 is 2.00 bits per heavy atom. The van der Waals surface area contributed by atoms with E-state index in [0.717, 1.165) is 5.92 Å². The molecule has 21 heavy (non-hydrogen) atoms. The Morgan fingerprint density at radius 2 is 1.43 bits per heavy atom. The van der Waals surface area contributed by atoms with Gasteiger partial charge >= 0.3 is 0 Å². The van der Waals surface area contributed by atoms with Crippen molar-refractivity contribution in [2.45, 2.75) is 54.5 Å². The first-order valence-corrected chi connectivity index (χ1v) is 8.86. The zero-order valence-corrected chi connectivity index (χ0v) is 15.3. The third kappa shape index (κ3) is 4.10. The van der Waals surface area contributed by atoms with Crippen LogP contribution >= 0.6 is 11.3 Å². The van der Waals surface area contributed by atoms with Crippen LogP contribution < -0.4 is 0 Å². The summed E-state index contributed by atoms with van der Waals surface area (Å²) in [6.45, 7) is 15.0. The van der Waals surface area contributed by atoms with Crippen LogP contribution in [0.1, 0.15) is 54.5 Å². The Kier molecular flexibility index (Phi) is 6.97. The van der Waals surface area contributed by atoms with Gasteiger partial charge in [-0.25, -0.2) is 0 Å². The third-order valence-corrected chi connectivity index (χ3v) is 3.75. The van der Waals surface area contributed by atoms with E-state index in [-0.39, 0.29) is 0 Å². The molecule has 1 nitrogen and oxygen atoms in total. The van der Waals surface area contributed by atoms with Gasteiger partial charge in [0, 0.05) is 22.3 Å². The second-order valence-corrected chi connectivity index (χ2v) is 6.75. The highest BCUT2D eigenvalue weighted by Crippen LogP contribution is 2.34. The molecule has 0 radical (unpaired) electrons. The molecule has 3 aromatic rings. The maximum absolute atomic E-state index is 2.43. The lowest BCUT2D eigenvalue weighted by atomic mass is 10.2. The van der Waals surface area contributed by atoms with Crippen LogP contribution in [0.25, 0.3) is 21.1 Å². The molecular weight excluding hydrogens is 274 g/mol. The molecule has 0 spiro atoms. The molecule has 0 unspecified atom stereocenters. The summed E-state index contributed by atoms with van der Waals surface area (Å²) in [4.78, 5) is 1.39. The molecule has 0 aliphatic carbocycles. The maximum atomic E-state index is 2.43. The molecule has 0 fully saturated rings. The van der Waals surface area contributed by atoms with Crippen LogP contribution in [0.4, 0.5) is 0 Å². The van der Waals surface area contributed by atoms with Crippen LogP contribution in [0.15, 0.2) is 35.7 Å². The number of hydrogen-bond acceptors (Lipinski definition) is 1. The van der Waals surface area contributed by atoms with Crippen LogP contribution in [0, 0.1) is 5.92 Å². The standard InChI is InChI=1S/C13H13NS.C4H10.C2H6/c1-9(2)14-12-6-4-3-5-10(12)11-7-8-15-13(11)14;1-4(2)3;1-2/h3-9H,1-2H3;4H,1-3H3;1-2H3. The van der Waals surface area contributed by atoms with Crippen LogP contribution in [-0.4, -0.2) is 4.57 Å². The van der Waals surface area contributed by atoms with Crippen molar-refractivity contribution >= 4 is 32.5 Å². The summed E-state index contributed by atoms with van der Waals surface area (Å²) in [7, 11) is 0. The number of fused-ring (bicyclic) bond motifs is 3. The summed E-state index contributed by atoms with van der Waals surface area (Å²) in [5.41, 5.74) is 1.36. The summed E-state index contributed by atoms with van der Waals surface area (Å²) >= 11 is 1.83. The molecule has 116 valence electrons. The van der Waals surface area contributed by atoms with E-state index < -0.39 is 0 Å². The number of para-hydroxylation sites is 1. The average Bonchev–Trinajstić information content (AvgIpc) is 2.99. The van der Waals surface area contributed by atoms with E-state index in [9.17, 15) is 0 Å². The van der Waals surface area contributed by atoms with E-state index in [2.05, 4.69) is 74.9 Å². The summed E-state index contributed by atoms with van der Waals surface area (Å²) in [6, 6.07) is 11.4. The number of thiophene rings is 1. The predicted molar refractivity (Wildman–Crippen MR) is 99.6 cm³/mol. The molecule has 0 aliphatic heterocycles. The minimum Gasteiger partial charge on any atom is -0.330 e. The largest absolute Gasteiger partial charge is 0.330 e. The van der Waals surface area contributed by atoms with Crippen molar-refractivity contribution in [1.29, 1.82) is 0 Å². The van der Waals surface area contributed by atoms with Gasteiger partial charge in [-0.05, 0) is 37.3 Å². The van der Waals surface area contributed by atoms with Gasteiger partial charge in [-0.2, -0.15) is 0 Å². The maximum Gasteiger partial charge on any atom is 0.104 e. The van der Waals surface area contributed by atoms with E-state index in [0.29, 0.717) is 6.04 Å². The van der Waals surface area contributed by atoms with Crippen molar-refractivity contribution < 1.29 is 0 Å². The number of aromatic nitrogens is 1. The molecule has 1 aromatic carbocycles. The molecule has 0 atom stereocenters. The lowest BCUT2D eigenvalue weighted by Gasteiger charge is -2.09. The van der Waals surface area contributed by atoms with Gasteiger partial charge < -0.3 is 4.57 Å². The lowest BCUT2D eigenvalue weighted by molar-refractivity contribution is 0.645. The number of benzene rings is 1. The van der Waals surface area contributed by atoms with Crippen molar-refractivity contribution in [3.8, 4) is 0 Å². The fourth-order valence-corrected chi connectivity index (χ4v) is 3.29. The quantitative estimate of drug-likeness (QED) is 0.451. The minimum absolute atomic E-state index is 0.519. The average molecular weight is 304 g/mol. The second kappa shape index (κ2) is 8.23. The highest BCUT2D eigenvalue weighted by atomic mass is 32.1. The molecule has 3 rings (SSSR count). The molecule has 2 heterocycles. The van der Waals surface area contributed by atoms with Gasteiger partial charge in [0.25, 0.3) is 0 Å². The molecule has 2 aromatic heterocycles. The molecule has 0 saturated carbocycles. The van der Waals surface area contributed by atoms with Crippen molar-refractivity contribution in [3.63, 3.8) is 0 Å². The zero-order chi connectivity index (χ0) is 16.0. The van der Waals surface area contributed by atoms with Crippen molar-refractivity contribution in [2.75, 3.05) is 0 Å². The van der Waals surface area contributed by atoms with Crippen LogP contribution in [0.5, 0.6) is 0 Å². The molecule has 0 amide bonds. The van der Waals surface area contributed by atoms with E-state index in [1.165, 1.54) is 21.1 Å². The van der Waals surface area contributed by atoms with Crippen molar-refractivity contribution in [3.05, 3.63) is 35.7 Å². The first-order chi connectivity index (χ1) is 10.0. The molecule has 0 aliphatic rings. The summed E-state index contributed by atoms with van der Waals surface area (Å²) < 4.78 is 2.43. The monoisotopic (exact) mass is 303 g/mol. The second-order valence-electron chi connectivity index (χ2n) is 5.85. The molecular formula is C19H29NS. The fourth-order valence-electron chi connectivity index (χ4n) is 2.23. The van der Waals surface area contributed by atoms with E-state index in [1.54, 1.807) is 0 Å². The molecule has 0 saturated heterocycles. The van der Waals surface area contributed by atoms with Crippen LogP contribution in [0.2, 0.25) is 0 Å². The topological polar surface area (TPSA) is 4.93 Å². The Balaban J connectivity index is 0.000000322. The zero-order valence-electron chi connectivity index (χ0n) is 14.5. The van der Waals surface area contributed by atoms with E-state index >= 15 is 0 Å². The summed E-state index contributed by atoms with van der Waals surface area (Å²) in [5.74, 6) is 0.833. The SMILES string of the molecule is CC.CC(C)C.CC(C)n1c2ccccc2c2ccsc21. The number of rotatable bonds is 1. The van der Waals surface area contributed by atoms with Crippen LogP contribution in [-0.2, 0) is 0 Å². The van der Waals surface area contributed by atoms with Crippen molar-refractivity contribution in [2.24, 2.45) is 5.92 Å². The number of nitrogens with zero attached hydrogens (tertiary/aromatic N) is 1. The van der Waals surface area contributed by atoms with Gasteiger partial charge in [0.05, 0.1) is 0 Å². The Labute approximate surface area is 133 Å². The Hall–Kier alpha value is -1.28. The Morgan fingerprint density at radius 1 is 0.857 bits per heavy atom. The predicted octanol–water partition coefficient (Wildman–Crippen LogP) is 7.13. The van der Waals surface area contributed by atoms with Gasteiger partial charge in [0.15, 0.2) is 0 Å². The normalized spacial score (nSPS) is 10.5. The van der Waals surface area contributed by atoms with Crippen LogP contribution in [0.3, 0.4) is 0 Å². The highest BCUT2D eigenvalue weighted by molar-refractivity contribution is 7.17. The van der Waals surface area contributed by atoms with E-state index in [1.807, 2.05) is 25.2 Å². The fraction of sp³-hybridized carbons (Fsp3) is 0.474. The molecule has 0 bridgehead atoms.